The molecule has 1 aliphatic rings. The first-order valence-electron chi connectivity index (χ1n) is 9.17. The fourth-order valence-corrected chi connectivity index (χ4v) is 2.95. The summed E-state index contributed by atoms with van der Waals surface area (Å²) in [5.41, 5.74) is -0.946. The van der Waals surface area contributed by atoms with Crippen LogP contribution in [-0.2, 0) is 14.2 Å². The maximum atomic E-state index is 11.2. The van der Waals surface area contributed by atoms with Crippen molar-refractivity contribution >= 4 is 0 Å². The van der Waals surface area contributed by atoms with Crippen LogP contribution in [0.2, 0.25) is 0 Å². The van der Waals surface area contributed by atoms with Crippen molar-refractivity contribution in [3.05, 3.63) is 0 Å². The molecule has 1 N–H and O–H groups in total. The molecule has 1 heterocycles. The van der Waals surface area contributed by atoms with Gasteiger partial charge in [-0.05, 0) is 26.2 Å². The zero-order valence-corrected chi connectivity index (χ0v) is 15.0. The molecule has 1 saturated heterocycles. The van der Waals surface area contributed by atoms with E-state index in [-0.39, 0.29) is 18.3 Å². The van der Waals surface area contributed by atoms with Crippen molar-refractivity contribution in [2.45, 2.75) is 96.6 Å². The van der Waals surface area contributed by atoms with E-state index in [1.165, 1.54) is 0 Å². The summed E-state index contributed by atoms with van der Waals surface area (Å²) < 4.78 is 17.9. The Hall–Kier alpha value is -0.160. The molecule has 4 heteroatoms. The second-order valence-electron chi connectivity index (χ2n) is 6.48. The van der Waals surface area contributed by atoms with Crippen molar-refractivity contribution in [1.29, 1.82) is 0 Å². The monoisotopic (exact) mass is 316 g/mol. The molecule has 3 unspecified atom stereocenters. The van der Waals surface area contributed by atoms with E-state index in [1.807, 2.05) is 6.92 Å². The van der Waals surface area contributed by atoms with Crippen LogP contribution in [0.4, 0.5) is 0 Å². The summed E-state index contributed by atoms with van der Waals surface area (Å²) in [6, 6.07) is 0. The maximum absolute atomic E-state index is 11.2. The van der Waals surface area contributed by atoms with E-state index in [0.29, 0.717) is 26.2 Å². The van der Waals surface area contributed by atoms with Gasteiger partial charge in [0.1, 0.15) is 17.8 Å². The molecule has 132 valence electrons. The molecule has 1 rings (SSSR count). The van der Waals surface area contributed by atoms with E-state index in [0.717, 1.165) is 38.5 Å². The molecule has 0 bridgehead atoms. The number of rotatable bonds is 11. The molecule has 0 amide bonds. The average molecular weight is 316 g/mol. The van der Waals surface area contributed by atoms with Gasteiger partial charge in [0.25, 0.3) is 0 Å². The minimum absolute atomic E-state index is 0.165. The van der Waals surface area contributed by atoms with Gasteiger partial charge < -0.3 is 19.3 Å². The van der Waals surface area contributed by atoms with Gasteiger partial charge in [0.05, 0.1) is 12.7 Å². The highest BCUT2D eigenvalue weighted by atomic mass is 16.6. The lowest BCUT2D eigenvalue weighted by Crippen LogP contribution is -2.63. The fraction of sp³-hybridized carbons (Fsp3) is 1.00. The summed E-state index contributed by atoms with van der Waals surface area (Å²) in [5, 5.41) is 11.2. The molecule has 22 heavy (non-hydrogen) atoms. The second-order valence-corrected chi connectivity index (χ2v) is 6.48. The van der Waals surface area contributed by atoms with Gasteiger partial charge in [0.15, 0.2) is 0 Å². The Balaban J connectivity index is 2.76. The first-order valence-corrected chi connectivity index (χ1v) is 9.17. The third-order valence-electron chi connectivity index (χ3n) is 4.60. The van der Waals surface area contributed by atoms with Crippen LogP contribution in [0.1, 0.15) is 72.6 Å². The Bertz CT molecular complexity index is 284. The van der Waals surface area contributed by atoms with Crippen LogP contribution in [0.5, 0.6) is 0 Å². The third kappa shape index (κ3) is 5.48. The van der Waals surface area contributed by atoms with Crippen molar-refractivity contribution in [2.75, 3.05) is 19.8 Å². The maximum Gasteiger partial charge on any atom is 0.119 e. The van der Waals surface area contributed by atoms with Crippen LogP contribution in [0.25, 0.3) is 0 Å². The van der Waals surface area contributed by atoms with Crippen molar-refractivity contribution in [1.82, 2.24) is 0 Å². The lowest BCUT2D eigenvalue weighted by molar-refractivity contribution is -0.263. The number of hydrogen-bond donors (Lipinski definition) is 1. The molecule has 4 atom stereocenters. The van der Waals surface area contributed by atoms with Crippen molar-refractivity contribution < 1.29 is 19.3 Å². The van der Waals surface area contributed by atoms with Crippen LogP contribution in [0.3, 0.4) is 0 Å². The zero-order valence-electron chi connectivity index (χ0n) is 15.0. The number of unbranched alkanes of at least 4 members (excludes halogenated alkanes) is 3. The number of aliphatic hydroxyl groups is 1. The lowest BCUT2D eigenvalue weighted by Gasteiger charge is -2.47. The molecule has 0 aliphatic carbocycles. The molecule has 1 aliphatic heterocycles. The standard InChI is InChI=1S/C18H36O4/c1-5-8-11-18(19)15(4)22-14-16(20-12-9-6-2)17(18)21-13-10-7-3/h15-17,19H,5-14H2,1-4H3/t15?,16?,17?,18-/m1/s1. The molecule has 0 spiro atoms. The molecule has 0 aromatic carbocycles. The number of hydrogen-bond acceptors (Lipinski definition) is 4. The van der Waals surface area contributed by atoms with Gasteiger partial charge in [-0.2, -0.15) is 0 Å². The lowest BCUT2D eigenvalue weighted by atomic mass is 9.81. The second kappa shape index (κ2) is 10.6. The molecular weight excluding hydrogens is 280 g/mol. The summed E-state index contributed by atoms with van der Waals surface area (Å²) in [5.74, 6) is 0. The summed E-state index contributed by atoms with van der Waals surface area (Å²) in [6.45, 7) is 10.3. The van der Waals surface area contributed by atoms with Gasteiger partial charge in [-0.15, -0.1) is 0 Å². The predicted molar refractivity (Wildman–Crippen MR) is 89.2 cm³/mol. The summed E-state index contributed by atoms with van der Waals surface area (Å²) in [6.07, 6.45) is 6.30. The Morgan fingerprint density at radius 2 is 1.59 bits per heavy atom. The SMILES string of the molecule is CCCCOC1COC(C)[C@](O)(CCCC)C1OCCCC. The van der Waals surface area contributed by atoms with Crippen LogP contribution in [-0.4, -0.2) is 48.8 Å². The normalized spacial score (nSPS) is 32.3. The highest BCUT2D eigenvalue weighted by Crippen LogP contribution is 2.34. The van der Waals surface area contributed by atoms with E-state index < -0.39 is 5.60 Å². The summed E-state index contributed by atoms with van der Waals surface area (Å²) in [7, 11) is 0. The van der Waals surface area contributed by atoms with Gasteiger partial charge in [-0.1, -0.05) is 46.5 Å². The van der Waals surface area contributed by atoms with Gasteiger partial charge in [0.2, 0.25) is 0 Å². The average Bonchev–Trinajstić information content (AvgIpc) is 2.52. The van der Waals surface area contributed by atoms with Gasteiger partial charge in [-0.25, -0.2) is 0 Å². The number of ether oxygens (including phenoxy) is 3. The molecular formula is C18H36O4. The highest BCUT2D eigenvalue weighted by molar-refractivity contribution is 5.00. The molecule has 4 nitrogen and oxygen atoms in total. The summed E-state index contributed by atoms with van der Waals surface area (Å²) >= 11 is 0. The summed E-state index contributed by atoms with van der Waals surface area (Å²) in [4.78, 5) is 0. The van der Waals surface area contributed by atoms with Crippen LogP contribution >= 0.6 is 0 Å². The van der Waals surface area contributed by atoms with Gasteiger partial charge >= 0.3 is 0 Å². The van der Waals surface area contributed by atoms with E-state index in [2.05, 4.69) is 20.8 Å². The van der Waals surface area contributed by atoms with Crippen molar-refractivity contribution in [3.8, 4) is 0 Å². The van der Waals surface area contributed by atoms with E-state index >= 15 is 0 Å². The third-order valence-corrected chi connectivity index (χ3v) is 4.60. The Labute approximate surface area is 136 Å². The van der Waals surface area contributed by atoms with Crippen molar-refractivity contribution in [2.24, 2.45) is 0 Å². The smallest absolute Gasteiger partial charge is 0.119 e. The molecule has 0 aromatic rings. The first-order chi connectivity index (χ1) is 10.6. The highest BCUT2D eigenvalue weighted by Gasteiger charge is 2.50. The Morgan fingerprint density at radius 3 is 2.18 bits per heavy atom. The largest absolute Gasteiger partial charge is 0.384 e. The van der Waals surface area contributed by atoms with Gasteiger partial charge in [-0.3, -0.25) is 0 Å². The van der Waals surface area contributed by atoms with E-state index in [4.69, 9.17) is 14.2 Å². The van der Waals surface area contributed by atoms with E-state index in [1.54, 1.807) is 0 Å². The van der Waals surface area contributed by atoms with Gasteiger partial charge in [0, 0.05) is 13.2 Å². The minimum Gasteiger partial charge on any atom is -0.384 e. The topological polar surface area (TPSA) is 47.9 Å². The Morgan fingerprint density at radius 1 is 1.00 bits per heavy atom. The molecule has 0 aromatic heterocycles. The first kappa shape index (κ1) is 19.9. The fourth-order valence-electron chi connectivity index (χ4n) is 2.95. The predicted octanol–water partition coefficient (Wildman–Crippen LogP) is 3.70. The zero-order chi connectivity index (χ0) is 16.4. The molecule has 0 radical (unpaired) electrons. The quantitative estimate of drug-likeness (QED) is 0.591. The Kier molecular flexibility index (Phi) is 9.57. The van der Waals surface area contributed by atoms with Crippen molar-refractivity contribution in [3.63, 3.8) is 0 Å². The van der Waals surface area contributed by atoms with Crippen LogP contribution in [0.15, 0.2) is 0 Å². The molecule has 0 saturated carbocycles. The minimum atomic E-state index is -0.946. The van der Waals surface area contributed by atoms with E-state index in [9.17, 15) is 5.11 Å². The molecule has 1 fully saturated rings. The van der Waals surface area contributed by atoms with Crippen LogP contribution < -0.4 is 0 Å². The van der Waals surface area contributed by atoms with Crippen LogP contribution in [0, 0.1) is 0 Å².